The Labute approximate surface area is 187 Å². The van der Waals surface area contributed by atoms with Gasteiger partial charge in [0.05, 0.1) is 17.3 Å². The second kappa shape index (κ2) is 8.75. The topological polar surface area (TPSA) is 81.8 Å². The van der Waals surface area contributed by atoms with E-state index in [1.165, 1.54) is 11.4 Å². The van der Waals surface area contributed by atoms with Gasteiger partial charge in [-0.3, -0.25) is 0 Å². The number of anilines is 1. The molecule has 2 fully saturated rings. The van der Waals surface area contributed by atoms with Gasteiger partial charge >= 0.3 is 6.18 Å². The number of hydrogen-bond acceptors (Lipinski definition) is 8. The molecule has 12 heteroatoms. The number of piperazine rings is 1. The van der Waals surface area contributed by atoms with Crippen LogP contribution in [0.4, 0.5) is 19.1 Å². The van der Waals surface area contributed by atoms with Gasteiger partial charge in [-0.1, -0.05) is 13.8 Å². The van der Waals surface area contributed by atoms with Gasteiger partial charge in [-0.05, 0) is 30.7 Å². The summed E-state index contributed by atoms with van der Waals surface area (Å²) < 4.78 is 46.1. The minimum absolute atomic E-state index is 0.248. The Morgan fingerprint density at radius 2 is 1.97 bits per heavy atom. The number of aromatic nitrogens is 4. The highest BCUT2D eigenvalue weighted by Crippen LogP contribution is 2.38. The van der Waals surface area contributed by atoms with E-state index in [-0.39, 0.29) is 11.1 Å². The Morgan fingerprint density at radius 3 is 2.69 bits per heavy atom. The van der Waals surface area contributed by atoms with Crippen LogP contribution in [0.2, 0.25) is 0 Å². The highest BCUT2D eigenvalue weighted by Gasteiger charge is 2.34. The van der Waals surface area contributed by atoms with Gasteiger partial charge in [0.2, 0.25) is 5.95 Å². The quantitative estimate of drug-likeness (QED) is 0.555. The number of alkyl halides is 3. The van der Waals surface area contributed by atoms with Crippen LogP contribution in [0.1, 0.15) is 25.0 Å². The standard InChI is InChI=1S/C18H18F3N7OS.C2H6/c1-10-6-11(18(19,20)21)7-14(29)15(10)13-2-3-27-16(23-13)24-17(25-27)26-4-5-28-12(9-26)8-22-30-28;1-2/h2-3,6-7,12,22,29H,4-5,8-9H2,1H3;1-2H3. The zero-order valence-corrected chi connectivity index (χ0v) is 18.7. The number of nitrogens with one attached hydrogen (secondary N) is 1. The molecule has 0 radical (unpaired) electrons. The van der Waals surface area contributed by atoms with Crippen LogP contribution in [0.5, 0.6) is 5.75 Å². The fourth-order valence-corrected chi connectivity index (χ4v) is 4.72. The summed E-state index contributed by atoms with van der Waals surface area (Å²) in [7, 11) is 0. The van der Waals surface area contributed by atoms with Gasteiger partial charge in [0, 0.05) is 50.1 Å². The van der Waals surface area contributed by atoms with Crippen LogP contribution in [0.3, 0.4) is 0 Å². The van der Waals surface area contributed by atoms with Gasteiger partial charge in [0.15, 0.2) is 0 Å². The molecular formula is C20H24F3N7OS. The minimum atomic E-state index is -4.53. The molecule has 32 heavy (non-hydrogen) atoms. The fourth-order valence-electron chi connectivity index (χ4n) is 3.83. The summed E-state index contributed by atoms with van der Waals surface area (Å²) in [4.78, 5) is 11.0. The zero-order valence-electron chi connectivity index (χ0n) is 17.9. The summed E-state index contributed by atoms with van der Waals surface area (Å²) >= 11 is 1.64. The van der Waals surface area contributed by atoms with Crippen LogP contribution in [0.25, 0.3) is 17.0 Å². The lowest BCUT2D eigenvalue weighted by Crippen LogP contribution is -2.49. The lowest BCUT2D eigenvalue weighted by atomic mass is 10.0. The molecule has 8 nitrogen and oxygen atoms in total. The molecule has 2 aliphatic rings. The number of phenols is 1. The molecule has 172 valence electrons. The monoisotopic (exact) mass is 467 g/mol. The van der Waals surface area contributed by atoms with Gasteiger partial charge in [0.1, 0.15) is 5.75 Å². The lowest BCUT2D eigenvalue weighted by Gasteiger charge is -2.34. The molecule has 4 heterocycles. The highest BCUT2D eigenvalue weighted by molar-refractivity contribution is 7.95. The molecule has 1 aromatic carbocycles. The van der Waals surface area contributed by atoms with Crippen molar-refractivity contribution in [3.8, 4) is 17.0 Å². The maximum atomic E-state index is 13.0. The number of rotatable bonds is 2. The van der Waals surface area contributed by atoms with Crippen molar-refractivity contribution in [1.82, 2.24) is 28.6 Å². The average molecular weight is 468 g/mol. The first-order chi connectivity index (χ1) is 15.3. The van der Waals surface area contributed by atoms with Crippen LogP contribution >= 0.6 is 12.1 Å². The van der Waals surface area contributed by atoms with Gasteiger partial charge < -0.3 is 10.0 Å². The van der Waals surface area contributed by atoms with E-state index in [1.807, 2.05) is 13.8 Å². The van der Waals surface area contributed by atoms with Crippen LogP contribution < -0.4 is 9.62 Å². The van der Waals surface area contributed by atoms with E-state index < -0.39 is 17.5 Å². The third-order valence-corrected chi connectivity index (χ3v) is 6.32. The van der Waals surface area contributed by atoms with Crippen LogP contribution in [-0.2, 0) is 6.18 Å². The van der Waals surface area contributed by atoms with E-state index >= 15 is 0 Å². The molecule has 0 bridgehead atoms. The second-order valence-corrected chi connectivity index (χ2v) is 8.27. The number of aryl methyl sites for hydroxylation is 1. The molecule has 0 amide bonds. The number of hydrogen-bond donors (Lipinski definition) is 2. The number of phenolic OH excluding ortho intramolecular Hbond substituents is 1. The maximum Gasteiger partial charge on any atom is 0.416 e. The van der Waals surface area contributed by atoms with Crippen molar-refractivity contribution in [1.29, 1.82) is 0 Å². The van der Waals surface area contributed by atoms with Crippen LogP contribution in [0.15, 0.2) is 24.4 Å². The first-order valence-electron chi connectivity index (χ1n) is 10.4. The fraction of sp³-hybridized carbons (Fsp3) is 0.450. The van der Waals surface area contributed by atoms with E-state index in [9.17, 15) is 18.3 Å². The Morgan fingerprint density at radius 1 is 1.19 bits per heavy atom. The molecule has 1 unspecified atom stereocenters. The van der Waals surface area contributed by atoms with E-state index in [1.54, 1.807) is 24.4 Å². The molecular weight excluding hydrogens is 443 g/mol. The molecule has 5 rings (SSSR count). The SMILES string of the molecule is CC.Cc1cc(C(F)(F)F)cc(O)c1-c1ccn2nc(N3CCN4SNCC4C3)nc2n1. The van der Waals surface area contributed by atoms with Crippen molar-refractivity contribution in [2.75, 3.05) is 31.1 Å². The predicted molar refractivity (Wildman–Crippen MR) is 117 cm³/mol. The van der Waals surface area contributed by atoms with E-state index in [0.29, 0.717) is 23.5 Å². The third-order valence-electron chi connectivity index (χ3n) is 5.31. The van der Waals surface area contributed by atoms with Crippen molar-refractivity contribution in [3.63, 3.8) is 0 Å². The molecule has 2 N–H and O–H groups in total. The predicted octanol–water partition coefficient (Wildman–Crippen LogP) is 3.51. The normalized spacial score (nSPS) is 19.1. The number of aromatic hydroxyl groups is 1. The highest BCUT2D eigenvalue weighted by atomic mass is 32.2. The van der Waals surface area contributed by atoms with Crippen LogP contribution in [0, 0.1) is 6.92 Å². The first-order valence-corrected chi connectivity index (χ1v) is 11.1. The number of halogens is 3. The lowest BCUT2D eigenvalue weighted by molar-refractivity contribution is -0.137. The number of benzene rings is 1. The Bertz CT molecular complexity index is 1100. The van der Waals surface area contributed by atoms with Crippen LogP contribution in [-0.4, -0.2) is 61.2 Å². The Kier molecular flexibility index (Phi) is 6.19. The number of fused-ring (bicyclic) bond motifs is 2. The van der Waals surface area contributed by atoms with E-state index in [2.05, 4.69) is 29.0 Å². The van der Waals surface area contributed by atoms with Crippen molar-refractivity contribution in [2.24, 2.45) is 0 Å². The van der Waals surface area contributed by atoms with Gasteiger partial charge in [-0.2, -0.15) is 18.2 Å². The zero-order chi connectivity index (χ0) is 23.0. The summed E-state index contributed by atoms with van der Waals surface area (Å²) in [6.45, 7) is 8.87. The summed E-state index contributed by atoms with van der Waals surface area (Å²) in [5.41, 5.74) is -0.0313. The van der Waals surface area contributed by atoms with E-state index in [0.717, 1.165) is 38.3 Å². The molecule has 1 atom stereocenters. The van der Waals surface area contributed by atoms with Gasteiger partial charge in [-0.25, -0.2) is 18.5 Å². The smallest absolute Gasteiger partial charge is 0.416 e. The van der Waals surface area contributed by atoms with Gasteiger partial charge in [-0.15, -0.1) is 5.10 Å². The Hall–Kier alpha value is -2.57. The molecule has 3 aromatic rings. The van der Waals surface area contributed by atoms with Crippen molar-refractivity contribution in [3.05, 3.63) is 35.5 Å². The third kappa shape index (κ3) is 4.21. The largest absolute Gasteiger partial charge is 0.507 e. The van der Waals surface area contributed by atoms with E-state index in [4.69, 9.17) is 0 Å². The minimum Gasteiger partial charge on any atom is -0.507 e. The average Bonchev–Trinajstić information content (AvgIpc) is 3.40. The molecule has 2 aliphatic heterocycles. The molecule has 2 aromatic heterocycles. The van der Waals surface area contributed by atoms with Crippen molar-refractivity contribution < 1.29 is 18.3 Å². The van der Waals surface area contributed by atoms with Crippen molar-refractivity contribution in [2.45, 2.75) is 33.0 Å². The van der Waals surface area contributed by atoms with Gasteiger partial charge in [0.25, 0.3) is 5.78 Å². The first kappa shape index (κ1) is 22.6. The molecule has 0 aliphatic carbocycles. The molecule has 2 saturated heterocycles. The molecule has 0 spiro atoms. The summed E-state index contributed by atoms with van der Waals surface area (Å²) in [6.07, 6.45) is -2.88. The van der Waals surface area contributed by atoms with Crippen molar-refractivity contribution >= 4 is 23.9 Å². The Balaban J connectivity index is 0.00000119. The number of nitrogens with zero attached hydrogens (tertiary/aromatic N) is 6. The summed E-state index contributed by atoms with van der Waals surface area (Å²) in [6, 6.07) is 3.71. The molecule has 0 saturated carbocycles. The summed E-state index contributed by atoms with van der Waals surface area (Å²) in [5.74, 6) is 0.411. The summed E-state index contributed by atoms with van der Waals surface area (Å²) in [5, 5.41) is 14.7. The maximum absolute atomic E-state index is 13.0. The second-order valence-electron chi connectivity index (χ2n) is 7.33.